The third kappa shape index (κ3) is 7.28. The third-order valence-corrected chi connectivity index (χ3v) is 4.00. The minimum Gasteiger partial charge on any atom is -0.492 e. The Bertz CT molecular complexity index is 368. The van der Waals surface area contributed by atoms with Crippen LogP contribution in [0.25, 0.3) is 0 Å². The van der Waals surface area contributed by atoms with Gasteiger partial charge in [0.05, 0.1) is 12.3 Å². The lowest BCUT2D eigenvalue weighted by Crippen LogP contribution is -2.02. The van der Waals surface area contributed by atoms with Crippen LogP contribution in [0.5, 0.6) is 5.75 Å². The Morgan fingerprint density at radius 3 is 2.30 bits per heavy atom. The molecule has 20 heavy (non-hydrogen) atoms. The molecule has 1 rings (SSSR count). The zero-order chi connectivity index (χ0) is 14.6. The first kappa shape index (κ1) is 17.5. The van der Waals surface area contributed by atoms with Gasteiger partial charge in [-0.3, -0.25) is 4.98 Å². The van der Waals surface area contributed by atoms with Crippen LogP contribution in [0, 0.1) is 6.92 Å². The topological polar surface area (TPSA) is 22.1 Å². The van der Waals surface area contributed by atoms with E-state index in [-0.39, 0.29) is 0 Å². The van der Waals surface area contributed by atoms with E-state index >= 15 is 0 Å². The molecule has 2 nitrogen and oxygen atoms in total. The first-order chi connectivity index (χ1) is 9.77. The van der Waals surface area contributed by atoms with Crippen LogP contribution in [-0.2, 0) is 6.42 Å². The molecule has 0 amide bonds. The van der Waals surface area contributed by atoms with E-state index in [4.69, 9.17) is 4.74 Å². The summed E-state index contributed by atoms with van der Waals surface area (Å²) in [5.74, 6) is 0.968. The molecule has 3 heteroatoms. The van der Waals surface area contributed by atoms with Gasteiger partial charge in [-0.05, 0) is 38.3 Å². The largest absolute Gasteiger partial charge is 0.492 e. The molecule has 0 atom stereocenters. The maximum absolute atomic E-state index is 5.86. The van der Waals surface area contributed by atoms with Crippen LogP contribution in [0.2, 0.25) is 0 Å². The van der Waals surface area contributed by atoms with Crippen molar-refractivity contribution in [3.63, 3.8) is 0 Å². The lowest BCUT2D eigenvalue weighted by molar-refractivity contribution is 0.300. The molecule has 0 fully saturated rings. The van der Waals surface area contributed by atoms with Gasteiger partial charge in [0, 0.05) is 11.0 Å². The minimum absolute atomic E-state index is 0.819. The minimum atomic E-state index is 0.819. The number of pyridine rings is 1. The van der Waals surface area contributed by atoms with E-state index < -0.39 is 0 Å². The van der Waals surface area contributed by atoms with Crippen LogP contribution in [0.15, 0.2) is 12.1 Å². The zero-order valence-corrected chi connectivity index (χ0v) is 14.5. The molecule has 0 aliphatic carbocycles. The Morgan fingerprint density at radius 1 is 1.00 bits per heavy atom. The number of halogens is 1. The van der Waals surface area contributed by atoms with E-state index in [2.05, 4.69) is 33.9 Å². The maximum Gasteiger partial charge on any atom is 0.140 e. The number of aryl methyl sites for hydroxylation is 2. The average Bonchev–Trinajstić information content (AvgIpc) is 2.46. The second-order valence-corrected chi connectivity index (χ2v) is 6.06. The molecular weight excluding hydrogens is 314 g/mol. The molecule has 0 bridgehead atoms. The summed E-state index contributed by atoms with van der Waals surface area (Å²) >= 11 is 3.47. The Labute approximate surface area is 132 Å². The van der Waals surface area contributed by atoms with Crippen molar-refractivity contribution in [2.45, 2.75) is 65.2 Å². The highest BCUT2D eigenvalue weighted by molar-refractivity contribution is 9.09. The van der Waals surface area contributed by atoms with Crippen LogP contribution in [0.1, 0.15) is 63.3 Å². The summed E-state index contributed by atoms with van der Waals surface area (Å²) in [5.41, 5.74) is 2.15. The lowest BCUT2D eigenvalue weighted by Gasteiger charge is -2.10. The highest BCUT2D eigenvalue weighted by Gasteiger charge is 2.03. The summed E-state index contributed by atoms with van der Waals surface area (Å²) in [5, 5.41) is 1.14. The van der Waals surface area contributed by atoms with Crippen molar-refractivity contribution in [2.75, 3.05) is 11.9 Å². The van der Waals surface area contributed by atoms with Gasteiger partial charge in [0.25, 0.3) is 0 Å². The predicted molar refractivity (Wildman–Crippen MR) is 90.0 cm³/mol. The Kier molecular flexibility index (Phi) is 9.73. The van der Waals surface area contributed by atoms with Crippen molar-refractivity contribution in [1.29, 1.82) is 0 Å². The van der Waals surface area contributed by atoms with Crippen LogP contribution < -0.4 is 4.74 Å². The first-order valence-electron chi connectivity index (χ1n) is 7.93. The second kappa shape index (κ2) is 11.1. The van der Waals surface area contributed by atoms with Crippen molar-refractivity contribution in [3.05, 3.63) is 23.5 Å². The van der Waals surface area contributed by atoms with E-state index in [0.29, 0.717) is 0 Å². The number of ether oxygens (including phenoxy) is 1. The average molecular weight is 342 g/mol. The van der Waals surface area contributed by atoms with Gasteiger partial charge in [-0.1, -0.05) is 55.0 Å². The molecule has 0 saturated heterocycles. The SMILES string of the molecule is CCc1nc(C)ccc1OCCCCCCCCCBr. The summed E-state index contributed by atoms with van der Waals surface area (Å²) in [7, 11) is 0. The van der Waals surface area contributed by atoms with E-state index in [1.807, 2.05) is 13.0 Å². The van der Waals surface area contributed by atoms with E-state index in [0.717, 1.165) is 41.9 Å². The van der Waals surface area contributed by atoms with Crippen molar-refractivity contribution in [2.24, 2.45) is 0 Å². The third-order valence-electron chi connectivity index (χ3n) is 3.44. The van der Waals surface area contributed by atoms with E-state index in [1.54, 1.807) is 0 Å². The smallest absolute Gasteiger partial charge is 0.140 e. The van der Waals surface area contributed by atoms with Crippen molar-refractivity contribution in [3.8, 4) is 5.75 Å². The van der Waals surface area contributed by atoms with Crippen molar-refractivity contribution < 1.29 is 4.74 Å². The number of rotatable bonds is 11. The normalized spacial score (nSPS) is 10.8. The monoisotopic (exact) mass is 341 g/mol. The molecule has 0 N–H and O–H groups in total. The van der Waals surface area contributed by atoms with Gasteiger partial charge in [0.15, 0.2) is 0 Å². The summed E-state index contributed by atoms with van der Waals surface area (Å²) < 4.78 is 5.86. The zero-order valence-electron chi connectivity index (χ0n) is 13.0. The van der Waals surface area contributed by atoms with Crippen LogP contribution in [-0.4, -0.2) is 16.9 Å². The molecule has 1 heterocycles. The molecule has 114 valence electrons. The molecule has 0 unspecified atom stereocenters. The second-order valence-electron chi connectivity index (χ2n) is 5.26. The lowest BCUT2D eigenvalue weighted by atomic mass is 10.1. The van der Waals surface area contributed by atoms with Crippen LogP contribution in [0.3, 0.4) is 0 Å². The van der Waals surface area contributed by atoms with Gasteiger partial charge in [-0.15, -0.1) is 0 Å². The van der Waals surface area contributed by atoms with Gasteiger partial charge in [-0.2, -0.15) is 0 Å². The van der Waals surface area contributed by atoms with Gasteiger partial charge in [0.2, 0.25) is 0 Å². The number of nitrogens with zero attached hydrogens (tertiary/aromatic N) is 1. The number of alkyl halides is 1. The van der Waals surface area contributed by atoms with Crippen molar-refractivity contribution in [1.82, 2.24) is 4.98 Å². The number of hydrogen-bond acceptors (Lipinski definition) is 2. The summed E-state index contributed by atoms with van der Waals surface area (Å²) in [6, 6.07) is 4.08. The van der Waals surface area contributed by atoms with Crippen molar-refractivity contribution >= 4 is 15.9 Å². The Balaban J connectivity index is 2.09. The van der Waals surface area contributed by atoms with Crippen LogP contribution in [0.4, 0.5) is 0 Å². The molecule has 0 radical (unpaired) electrons. The van der Waals surface area contributed by atoms with Gasteiger partial charge < -0.3 is 4.74 Å². The highest BCUT2D eigenvalue weighted by atomic mass is 79.9. The first-order valence-corrected chi connectivity index (χ1v) is 9.05. The Morgan fingerprint density at radius 2 is 1.65 bits per heavy atom. The molecular formula is C17H28BrNO. The van der Waals surface area contributed by atoms with Crippen LogP contribution >= 0.6 is 15.9 Å². The number of unbranched alkanes of at least 4 members (excludes halogenated alkanes) is 6. The maximum atomic E-state index is 5.86. The molecule has 0 aliphatic heterocycles. The number of hydrogen-bond donors (Lipinski definition) is 0. The van der Waals surface area contributed by atoms with E-state index in [1.165, 1.54) is 38.5 Å². The quantitative estimate of drug-likeness (QED) is 0.394. The molecule has 0 spiro atoms. The Hall–Kier alpha value is -0.570. The van der Waals surface area contributed by atoms with Gasteiger partial charge in [0.1, 0.15) is 5.75 Å². The molecule has 1 aromatic rings. The predicted octanol–water partition coefficient (Wildman–Crippen LogP) is 5.46. The fourth-order valence-corrected chi connectivity index (χ4v) is 2.64. The molecule has 0 saturated carbocycles. The summed E-state index contributed by atoms with van der Waals surface area (Å²) in [6.45, 7) is 4.97. The summed E-state index contributed by atoms with van der Waals surface area (Å²) in [6.07, 6.45) is 10.1. The highest BCUT2D eigenvalue weighted by Crippen LogP contribution is 2.18. The standard InChI is InChI=1S/C17H28BrNO/c1-3-16-17(12-11-15(2)19-16)20-14-10-8-6-4-5-7-9-13-18/h11-12H,3-10,13-14H2,1-2H3. The summed E-state index contributed by atoms with van der Waals surface area (Å²) in [4.78, 5) is 4.52. The molecule has 1 aromatic heterocycles. The molecule has 0 aromatic carbocycles. The fourth-order valence-electron chi connectivity index (χ4n) is 2.24. The number of aromatic nitrogens is 1. The fraction of sp³-hybridized carbons (Fsp3) is 0.706. The van der Waals surface area contributed by atoms with Gasteiger partial charge >= 0.3 is 0 Å². The van der Waals surface area contributed by atoms with E-state index in [9.17, 15) is 0 Å². The van der Waals surface area contributed by atoms with Gasteiger partial charge in [-0.25, -0.2) is 0 Å². The molecule has 0 aliphatic rings.